The average Bonchev–Trinajstić information content (AvgIpc) is 2.97. The average molecular weight is 667 g/mol. The van der Waals surface area contributed by atoms with Crippen LogP contribution in [0.2, 0.25) is 0 Å². The third-order valence-electron chi connectivity index (χ3n) is 6.82. The summed E-state index contributed by atoms with van der Waals surface area (Å²) in [7, 11) is 0. The Kier molecular flexibility index (Phi) is 12.3. The number of hydrogen-bond donors (Lipinski definition) is 3. The van der Waals surface area contributed by atoms with E-state index in [4.69, 9.17) is 4.74 Å². The summed E-state index contributed by atoms with van der Waals surface area (Å²) >= 11 is 0. The standard InChI is InChI=1S/C31H31F9N2O4/c1-2-3-13-45-18-25(26(43)30(36,37)38)41-28(44)42-29(17-19-7-5-4-6-8-19,20-9-11-22(32)12-10-20)21-14-23(33)16-24(15-21)46-31(39,40)27(34)35/h4-12,14-16,25-27,43H,2-3,13,17-18H2,1H3,(H2,41,42,44)/t25-,26-,29-/m1/s1. The van der Waals surface area contributed by atoms with E-state index in [1.807, 2.05) is 5.32 Å². The van der Waals surface area contributed by atoms with Gasteiger partial charge in [0.1, 0.15) is 17.4 Å². The van der Waals surface area contributed by atoms with Crippen LogP contribution in [0.3, 0.4) is 0 Å². The van der Waals surface area contributed by atoms with Crippen molar-refractivity contribution in [3.8, 4) is 5.75 Å². The largest absolute Gasteiger partial charge is 0.461 e. The second kappa shape index (κ2) is 15.5. The summed E-state index contributed by atoms with van der Waals surface area (Å²) in [6.07, 6.45) is -16.9. The molecule has 0 unspecified atom stereocenters. The van der Waals surface area contributed by atoms with Crippen LogP contribution in [-0.4, -0.2) is 55.2 Å². The highest BCUT2D eigenvalue weighted by atomic mass is 19.4. The first-order valence-electron chi connectivity index (χ1n) is 13.9. The molecular weight excluding hydrogens is 635 g/mol. The minimum atomic E-state index is -5.19. The van der Waals surface area contributed by atoms with Gasteiger partial charge in [-0.3, -0.25) is 0 Å². The molecule has 3 aromatic rings. The van der Waals surface area contributed by atoms with E-state index in [0.29, 0.717) is 24.5 Å². The summed E-state index contributed by atoms with van der Waals surface area (Å²) in [6, 6.07) is 10.6. The molecule has 6 nitrogen and oxygen atoms in total. The van der Waals surface area contributed by atoms with Gasteiger partial charge in [0.05, 0.1) is 18.2 Å². The molecule has 15 heteroatoms. The fourth-order valence-electron chi connectivity index (χ4n) is 4.56. The molecule has 46 heavy (non-hydrogen) atoms. The number of unbranched alkanes of at least 4 members (excludes halogenated alkanes) is 1. The molecule has 3 atom stereocenters. The number of benzene rings is 3. The molecule has 0 bridgehead atoms. The minimum Gasteiger partial charge on any atom is -0.428 e. The number of carbonyl (C=O) groups excluding carboxylic acids is 1. The van der Waals surface area contributed by atoms with E-state index < -0.39 is 66.4 Å². The van der Waals surface area contributed by atoms with Crippen molar-refractivity contribution >= 4 is 6.03 Å². The Balaban J connectivity index is 2.17. The smallest absolute Gasteiger partial charge is 0.428 e. The molecule has 0 spiro atoms. The third kappa shape index (κ3) is 9.76. The Morgan fingerprint density at radius 3 is 2.13 bits per heavy atom. The Morgan fingerprint density at radius 2 is 1.54 bits per heavy atom. The zero-order chi connectivity index (χ0) is 34.1. The van der Waals surface area contributed by atoms with Gasteiger partial charge in [0.15, 0.2) is 6.10 Å². The van der Waals surface area contributed by atoms with Gasteiger partial charge in [-0.25, -0.2) is 13.6 Å². The predicted molar refractivity (Wildman–Crippen MR) is 149 cm³/mol. The SMILES string of the molecule is CCCCOC[C@@H](NC(=O)N[C@](Cc1ccccc1)(c1ccc(F)cc1)c1cc(F)cc(OC(F)(F)C(F)F)c1)[C@@H](O)C(F)(F)F. The number of nitrogens with one attached hydrogen (secondary N) is 2. The highest BCUT2D eigenvalue weighted by Gasteiger charge is 2.46. The van der Waals surface area contributed by atoms with Crippen LogP contribution in [0.1, 0.15) is 36.5 Å². The van der Waals surface area contributed by atoms with Gasteiger partial charge in [0.25, 0.3) is 0 Å². The van der Waals surface area contributed by atoms with E-state index in [1.165, 1.54) is 0 Å². The number of halogens is 9. The molecule has 0 saturated heterocycles. The number of ether oxygens (including phenoxy) is 2. The predicted octanol–water partition coefficient (Wildman–Crippen LogP) is 7.10. The van der Waals surface area contributed by atoms with Crippen molar-refractivity contribution in [1.82, 2.24) is 10.6 Å². The van der Waals surface area contributed by atoms with Gasteiger partial charge >= 0.3 is 24.7 Å². The van der Waals surface area contributed by atoms with Gasteiger partial charge in [-0.05, 0) is 47.4 Å². The molecule has 3 N–H and O–H groups in total. The molecule has 0 aliphatic heterocycles. The normalized spacial score (nSPS) is 14.8. The molecule has 0 aliphatic carbocycles. The third-order valence-corrected chi connectivity index (χ3v) is 6.82. The molecule has 2 amide bonds. The summed E-state index contributed by atoms with van der Waals surface area (Å²) in [5.41, 5.74) is -2.08. The van der Waals surface area contributed by atoms with Crippen LogP contribution in [0.4, 0.5) is 44.3 Å². The molecular formula is C31H31F9N2O4. The molecule has 0 aromatic heterocycles. The topological polar surface area (TPSA) is 79.8 Å². The van der Waals surface area contributed by atoms with Crippen LogP contribution in [-0.2, 0) is 16.7 Å². The number of aliphatic hydroxyl groups excluding tert-OH is 1. The lowest BCUT2D eigenvalue weighted by Crippen LogP contribution is -2.59. The summed E-state index contributed by atoms with van der Waals surface area (Å²) in [5.74, 6) is -3.09. The number of hydrogen-bond acceptors (Lipinski definition) is 4. The minimum absolute atomic E-state index is 0.0165. The Bertz CT molecular complexity index is 1410. The highest BCUT2D eigenvalue weighted by Crippen LogP contribution is 2.38. The fourth-order valence-corrected chi connectivity index (χ4v) is 4.56. The van der Waals surface area contributed by atoms with Crippen molar-refractivity contribution in [3.05, 3.63) is 101 Å². The Labute approximate surface area is 258 Å². The number of urea groups is 1. The fraction of sp³-hybridized carbons (Fsp3) is 0.387. The van der Waals surface area contributed by atoms with Crippen molar-refractivity contribution < 1.29 is 58.9 Å². The van der Waals surface area contributed by atoms with E-state index >= 15 is 0 Å². The summed E-state index contributed by atoms with van der Waals surface area (Å²) in [4.78, 5) is 13.5. The summed E-state index contributed by atoms with van der Waals surface area (Å²) in [6.45, 7) is 1.05. The van der Waals surface area contributed by atoms with Crippen LogP contribution in [0, 0.1) is 11.6 Å². The monoisotopic (exact) mass is 666 g/mol. The molecule has 0 radical (unpaired) electrons. The Hall–Kier alpha value is -3.98. The second-order valence-electron chi connectivity index (χ2n) is 10.3. The van der Waals surface area contributed by atoms with Crippen molar-refractivity contribution in [3.63, 3.8) is 0 Å². The first-order valence-corrected chi connectivity index (χ1v) is 13.9. The first kappa shape index (κ1) is 36.5. The quantitative estimate of drug-likeness (QED) is 0.120. The zero-order valence-corrected chi connectivity index (χ0v) is 24.3. The summed E-state index contributed by atoms with van der Waals surface area (Å²) < 4.78 is 132. The Morgan fingerprint density at radius 1 is 0.891 bits per heavy atom. The maximum absolute atomic E-state index is 15.0. The second-order valence-corrected chi connectivity index (χ2v) is 10.3. The van der Waals surface area contributed by atoms with Gasteiger partial charge in [-0.1, -0.05) is 55.8 Å². The van der Waals surface area contributed by atoms with E-state index in [9.17, 15) is 49.4 Å². The van der Waals surface area contributed by atoms with Crippen molar-refractivity contribution in [2.45, 2.75) is 62.6 Å². The molecule has 0 heterocycles. The lowest BCUT2D eigenvalue weighted by atomic mass is 9.77. The van der Waals surface area contributed by atoms with E-state index in [1.54, 1.807) is 37.3 Å². The van der Waals surface area contributed by atoms with Crippen LogP contribution in [0.15, 0.2) is 72.8 Å². The molecule has 0 aliphatic rings. The number of alkyl halides is 7. The number of amides is 2. The van der Waals surface area contributed by atoms with Gasteiger partial charge < -0.3 is 25.2 Å². The number of carbonyl (C=O) groups is 1. The zero-order valence-electron chi connectivity index (χ0n) is 24.3. The van der Waals surface area contributed by atoms with E-state index in [2.05, 4.69) is 10.1 Å². The van der Waals surface area contributed by atoms with Crippen molar-refractivity contribution in [2.75, 3.05) is 13.2 Å². The van der Waals surface area contributed by atoms with Crippen LogP contribution >= 0.6 is 0 Å². The van der Waals surface area contributed by atoms with Crippen molar-refractivity contribution in [1.29, 1.82) is 0 Å². The number of aliphatic hydroxyl groups is 1. The van der Waals surface area contributed by atoms with Crippen LogP contribution in [0.5, 0.6) is 5.75 Å². The van der Waals surface area contributed by atoms with Crippen LogP contribution < -0.4 is 15.4 Å². The molecule has 3 aromatic carbocycles. The van der Waals surface area contributed by atoms with Gasteiger partial charge in [-0.15, -0.1) is 0 Å². The maximum atomic E-state index is 15.0. The summed E-state index contributed by atoms with van der Waals surface area (Å²) in [5, 5.41) is 14.4. The van der Waals surface area contributed by atoms with Crippen LogP contribution in [0.25, 0.3) is 0 Å². The van der Waals surface area contributed by atoms with Crippen molar-refractivity contribution in [2.24, 2.45) is 0 Å². The molecule has 252 valence electrons. The lowest BCUT2D eigenvalue weighted by Gasteiger charge is -2.37. The number of rotatable bonds is 15. The molecule has 0 fully saturated rings. The highest BCUT2D eigenvalue weighted by molar-refractivity contribution is 5.76. The van der Waals surface area contributed by atoms with E-state index in [-0.39, 0.29) is 24.2 Å². The van der Waals surface area contributed by atoms with E-state index in [0.717, 1.165) is 36.4 Å². The van der Waals surface area contributed by atoms with Gasteiger partial charge in [0.2, 0.25) is 0 Å². The molecule has 0 saturated carbocycles. The molecule has 3 rings (SSSR count). The first-order chi connectivity index (χ1) is 21.6. The van der Waals surface area contributed by atoms with Gasteiger partial charge in [-0.2, -0.15) is 30.7 Å². The maximum Gasteiger partial charge on any atom is 0.461 e. The lowest BCUT2D eigenvalue weighted by molar-refractivity contribution is -0.253. The van der Waals surface area contributed by atoms with Gasteiger partial charge in [0, 0.05) is 19.1 Å².